The van der Waals surface area contributed by atoms with E-state index in [9.17, 15) is 5.11 Å². The number of aliphatic hydroxyl groups is 1. The topological polar surface area (TPSA) is 41.5 Å². The van der Waals surface area contributed by atoms with Crippen LogP contribution in [-0.2, 0) is 4.74 Å². The van der Waals surface area contributed by atoms with Gasteiger partial charge in [0.25, 0.3) is 0 Å². The van der Waals surface area contributed by atoms with Crippen molar-refractivity contribution in [2.24, 2.45) is 0 Å². The number of nitrogens with one attached hydrogen (secondary N) is 1. The number of hydrogen-bond acceptors (Lipinski definition) is 3. The number of piperidine rings is 1. The normalized spacial score (nSPS) is 29.1. The van der Waals surface area contributed by atoms with Gasteiger partial charge in [-0.05, 0) is 46.1 Å². The van der Waals surface area contributed by atoms with E-state index in [4.69, 9.17) is 4.74 Å². The largest absolute Gasteiger partial charge is 0.389 e. The van der Waals surface area contributed by atoms with E-state index in [1.54, 1.807) is 7.11 Å². The second-order valence-electron chi connectivity index (χ2n) is 4.97. The molecule has 0 spiro atoms. The Balaban J connectivity index is 2.35. The van der Waals surface area contributed by atoms with E-state index in [0.29, 0.717) is 0 Å². The number of β-amino-alcohol motifs (C(OH)–C–C–N with tert-alkyl or cyclic N) is 1. The molecule has 0 amide bonds. The van der Waals surface area contributed by atoms with E-state index in [-0.39, 0.29) is 5.60 Å². The molecule has 0 bridgehead atoms. The molecule has 1 aliphatic rings. The second kappa shape index (κ2) is 4.60. The van der Waals surface area contributed by atoms with Gasteiger partial charge in [-0.25, -0.2) is 0 Å². The predicted molar refractivity (Wildman–Crippen MR) is 57.4 cm³/mol. The summed E-state index contributed by atoms with van der Waals surface area (Å²) < 4.78 is 5.34. The Morgan fingerprint density at radius 3 is 2.71 bits per heavy atom. The Bertz CT molecular complexity index is 174. The Labute approximate surface area is 86.8 Å². The minimum Gasteiger partial charge on any atom is -0.389 e. The number of ether oxygens (including phenoxy) is 1. The summed E-state index contributed by atoms with van der Waals surface area (Å²) in [5.74, 6) is 0. The molecule has 84 valence electrons. The van der Waals surface area contributed by atoms with E-state index < -0.39 is 5.60 Å². The van der Waals surface area contributed by atoms with Gasteiger partial charge in [0.15, 0.2) is 0 Å². The molecule has 3 nitrogen and oxygen atoms in total. The monoisotopic (exact) mass is 201 g/mol. The van der Waals surface area contributed by atoms with Crippen LogP contribution in [-0.4, -0.2) is 36.5 Å². The predicted octanol–water partition coefficient (Wildman–Crippen LogP) is 1.31. The lowest BCUT2D eigenvalue weighted by atomic mass is 9.86. The molecule has 1 saturated heterocycles. The lowest BCUT2D eigenvalue weighted by Gasteiger charge is -2.35. The zero-order valence-corrected chi connectivity index (χ0v) is 9.60. The first kappa shape index (κ1) is 12.0. The summed E-state index contributed by atoms with van der Waals surface area (Å²) >= 11 is 0. The third-order valence-electron chi connectivity index (χ3n) is 3.19. The van der Waals surface area contributed by atoms with Crippen LogP contribution in [0.1, 0.15) is 39.5 Å². The van der Waals surface area contributed by atoms with Gasteiger partial charge in [0.05, 0.1) is 11.2 Å². The van der Waals surface area contributed by atoms with Crippen LogP contribution in [0.5, 0.6) is 0 Å². The molecule has 2 N–H and O–H groups in total. The van der Waals surface area contributed by atoms with Crippen LogP contribution < -0.4 is 5.32 Å². The van der Waals surface area contributed by atoms with Crippen LogP contribution in [0.15, 0.2) is 0 Å². The van der Waals surface area contributed by atoms with Crippen molar-refractivity contribution in [3.05, 3.63) is 0 Å². The van der Waals surface area contributed by atoms with Crippen molar-refractivity contribution in [1.82, 2.24) is 5.32 Å². The molecule has 1 aliphatic heterocycles. The first-order valence-electron chi connectivity index (χ1n) is 5.46. The maximum Gasteiger partial charge on any atom is 0.0773 e. The molecule has 0 aromatic rings. The summed E-state index contributed by atoms with van der Waals surface area (Å²) in [6, 6.07) is 0. The number of hydrogen-bond donors (Lipinski definition) is 2. The van der Waals surface area contributed by atoms with Crippen molar-refractivity contribution in [3.8, 4) is 0 Å². The molecule has 3 heteroatoms. The van der Waals surface area contributed by atoms with Gasteiger partial charge in [0, 0.05) is 13.7 Å². The van der Waals surface area contributed by atoms with E-state index in [1.165, 1.54) is 0 Å². The van der Waals surface area contributed by atoms with Crippen molar-refractivity contribution in [2.45, 2.75) is 50.7 Å². The van der Waals surface area contributed by atoms with Crippen molar-refractivity contribution in [3.63, 3.8) is 0 Å². The maximum absolute atomic E-state index is 10.2. The summed E-state index contributed by atoms with van der Waals surface area (Å²) in [4.78, 5) is 0. The molecule has 0 aromatic carbocycles. The first-order valence-corrected chi connectivity index (χ1v) is 5.46. The summed E-state index contributed by atoms with van der Waals surface area (Å²) in [6.07, 6.45) is 3.71. The summed E-state index contributed by atoms with van der Waals surface area (Å²) in [5, 5.41) is 13.5. The Morgan fingerprint density at radius 2 is 2.21 bits per heavy atom. The molecule has 0 radical (unpaired) electrons. The van der Waals surface area contributed by atoms with E-state index >= 15 is 0 Å². The fourth-order valence-corrected chi connectivity index (χ4v) is 1.80. The average Bonchev–Trinajstić information content (AvgIpc) is 2.17. The molecule has 0 aromatic heterocycles. The summed E-state index contributed by atoms with van der Waals surface area (Å²) in [6.45, 7) is 5.89. The second-order valence-corrected chi connectivity index (χ2v) is 4.97. The van der Waals surface area contributed by atoms with Crippen LogP contribution in [0.4, 0.5) is 0 Å². The quantitative estimate of drug-likeness (QED) is 0.720. The SMILES string of the molecule is COC(C)(C)CCC1(O)CCCNC1. The lowest BCUT2D eigenvalue weighted by molar-refractivity contribution is -0.0356. The highest BCUT2D eigenvalue weighted by molar-refractivity contribution is 4.87. The molecule has 1 unspecified atom stereocenters. The Morgan fingerprint density at radius 1 is 1.50 bits per heavy atom. The molecular formula is C11H23NO2. The molecule has 0 aliphatic carbocycles. The number of methoxy groups -OCH3 is 1. The lowest BCUT2D eigenvalue weighted by Crippen LogP contribution is -2.46. The van der Waals surface area contributed by atoms with E-state index in [2.05, 4.69) is 19.2 Å². The molecule has 1 atom stereocenters. The summed E-state index contributed by atoms with van der Waals surface area (Å²) in [5.41, 5.74) is -0.624. The van der Waals surface area contributed by atoms with Crippen molar-refractivity contribution in [2.75, 3.05) is 20.2 Å². The molecule has 14 heavy (non-hydrogen) atoms. The van der Waals surface area contributed by atoms with Gasteiger partial charge < -0.3 is 15.2 Å². The highest BCUT2D eigenvalue weighted by atomic mass is 16.5. The molecule has 0 saturated carbocycles. The Kier molecular flexibility index (Phi) is 3.93. The van der Waals surface area contributed by atoms with Crippen molar-refractivity contribution < 1.29 is 9.84 Å². The standard InChI is InChI=1S/C11H23NO2/c1-10(2,14-3)6-7-11(13)5-4-8-12-9-11/h12-13H,4-9H2,1-3H3. The third kappa shape index (κ3) is 3.56. The van der Waals surface area contributed by atoms with Crippen LogP contribution in [0.25, 0.3) is 0 Å². The maximum atomic E-state index is 10.2. The molecule has 1 rings (SSSR count). The highest BCUT2D eigenvalue weighted by Crippen LogP contribution is 2.26. The van der Waals surface area contributed by atoms with Gasteiger partial charge in [-0.1, -0.05) is 0 Å². The van der Waals surface area contributed by atoms with Crippen molar-refractivity contribution in [1.29, 1.82) is 0 Å². The fraction of sp³-hybridized carbons (Fsp3) is 1.00. The third-order valence-corrected chi connectivity index (χ3v) is 3.19. The smallest absolute Gasteiger partial charge is 0.0773 e. The molecule has 1 heterocycles. The van der Waals surface area contributed by atoms with Gasteiger partial charge >= 0.3 is 0 Å². The van der Waals surface area contributed by atoms with Gasteiger partial charge in [0.2, 0.25) is 0 Å². The van der Waals surface area contributed by atoms with Crippen LogP contribution >= 0.6 is 0 Å². The van der Waals surface area contributed by atoms with Crippen LogP contribution in [0.2, 0.25) is 0 Å². The van der Waals surface area contributed by atoms with Crippen LogP contribution in [0.3, 0.4) is 0 Å². The number of rotatable bonds is 4. The average molecular weight is 201 g/mol. The minimum atomic E-state index is -0.506. The van der Waals surface area contributed by atoms with E-state index in [1.807, 2.05) is 0 Å². The highest BCUT2D eigenvalue weighted by Gasteiger charge is 2.31. The zero-order chi connectivity index (χ0) is 10.7. The van der Waals surface area contributed by atoms with Gasteiger partial charge in [-0.2, -0.15) is 0 Å². The summed E-state index contributed by atoms with van der Waals surface area (Å²) in [7, 11) is 1.73. The molecule has 1 fully saturated rings. The first-order chi connectivity index (χ1) is 6.47. The van der Waals surface area contributed by atoms with Crippen molar-refractivity contribution >= 4 is 0 Å². The molecular weight excluding hydrogens is 178 g/mol. The van der Waals surface area contributed by atoms with Gasteiger partial charge in [-0.15, -0.1) is 0 Å². The minimum absolute atomic E-state index is 0.118. The van der Waals surface area contributed by atoms with Gasteiger partial charge in [-0.3, -0.25) is 0 Å². The van der Waals surface area contributed by atoms with Gasteiger partial charge in [0.1, 0.15) is 0 Å². The Hall–Kier alpha value is -0.120. The fourth-order valence-electron chi connectivity index (χ4n) is 1.80. The zero-order valence-electron chi connectivity index (χ0n) is 9.60. The van der Waals surface area contributed by atoms with E-state index in [0.717, 1.165) is 38.8 Å². The van der Waals surface area contributed by atoms with Crippen LogP contribution in [0, 0.1) is 0 Å².